The first-order valence-corrected chi connectivity index (χ1v) is 5.17. The Kier molecular flexibility index (Phi) is 4.30. The highest BCUT2D eigenvalue weighted by Gasteiger charge is 2.15. The van der Waals surface area contributed by atoms with Gasteiger partial charge in [-0.2, -0.15) is 0 Å². The van der Waals surface area contributed by atoms with Crippen molar-refractivity contribution in [2.75, 3.05) is 33.0 Å². The van der Waals surface area contributed by atoms with E-state index in [-0.39, 0.29) is 5.69 Å². The molecule has 0 aromatic carbocycles. The zero-order valence-electron chi connectivity index (χ0n) is 9.93. The number of anilines is 1. The van der Waals surface area contributed by atoms with Crippen molar-refractivity contribution < 1.29 is 9.53 Å². The topological polar surface area (TPSA) is 73.4 Å². The van der Waals surface area contributed by atoms with Gasteiger partial charge < -0.3 is 19.9 Å². The van der Waals surface area contributed by atoms with Gasteiger partial charge in [-0.3, -0.25) is 0 Å². The summed E-state index contributed by atoms with van der Waals surface area (Å²) in [6.45, 7) is 4.62. The Labute approximate surface area is 95.0 Å². The molecule has 0 bridgehead atoms. The van der Waals surface area contributed by atoms with E-state index < -0.39 is 5.97 Å². The van der Waals surface area contributed by atoms with Gasteiger partial charge in [-0.1, -0.05) is 6.92 Å². The minimum absolute atomic E-state index is 0.182. The molecule has 0 aliphatic heterocycles. The maximum absolute atomic E-state index is 11.3. The van der Waals surface area contributed by atoms with Crippen molar-refractivity contribution >= 4 is 11.8 Å². The van der Waals surface area contributed by atoms with E-state index in [1.165, 1.54) is 7.11 Å². The van der Waals surface area contributed by atoms with Crippen LogP contribution < -0.4 is 5.73 Å². The lowest BCUT2D eigenvalue weighted by atomic mass is 10.4. The molecule has 0 aliphatic rings. The maximum Gasteiger partial charge on any atom is 0.360 e. The van der Waals surface area contributed by atoms with Crippen LogP contribution >= 0.6 is 0 Å². The van der Waals surface area contributed by atoms with E-state index in [9.17, 15) is 4.79 Å². The Balaban J connectivity index is 2.69. The second-order valence-electron chi connectivity index (χ2n) is 3.56. The van der Waals surface area contributed by atoms with Crippen LogP contribution in [0.5, 0.6) is 0 Å². The summed E-state index contributed by atoms with van der Waals surface area (Å²) < 4.78 is 6.32. The molecule has 1 aromatic rings. The molecule has 16 heavy (non-hydrogen) atoms. The fourth-order valence-electron chi connectivity index (χ4n) is 1.26. The van der Waals surface area contributed by atoms with Crippen molar-refractivity contribution in [1.82, 2.24) is 14.5 Å². The second kappa shape index (κ2) is 5.50. The summed E-state index contributed by atoms with van der Waals surface area (Å²) in [5, 5.41) is 0. The molecule has 6 heteroatoms. The number of nitrogens with two attached hydrogens (primary N) is 1. The third-order valence-electron chi connectivity index (χ3n) is 2.52. The van der Waals surface area contributed by atoms with Gasteiger partial charge in [-0.15, -0.1) is 0 Å². The third-order valence-corrected chi connectivity index (χ3v) is 2.52. The monoisotopic (exact) mass is 226 g/mol. The Morgan fingerprint density at radius 1 is 1.69 bits per heavy atom. The number of nitrogen functional groups attached to an aromatic ring is 1. The van der Waals surface area contributed by atoms with E-state index in [0.29, 0.717) is 12.4 Å². The molecule has 1 rings (SSSR count). The molecule has 90 valence electrons. The fraction of sp³-hybridized carbons (Fsp3) is 0.600. The number of nitrogens with zero attached hydrogens (tertiary/aromatic N) is 3. The standard InChI is InChI=1S/C10H18N4O2/c1-4-13(2)5-6-14-7-12-8(9(14)11)10(15)16-3/h7H,4-6,11H2,1-3H3. The van der Waals surface area contributed by atoms with Crippen LogP contribution in [0.15, 0.2) is 6.33 Å². The molecule has 1 heterocycles. The van der Waals surface area contributed by atoms with E-state index in [1.807, 2.05) is 7.05 Å². The SMILES string of the molecule is CCN(C)CCn1cnc(C(=O)OC)c1N. The fourth-order valence-corrected chi connectivity index (χ4v) is 1.26. The first kappa shape index (κ1) is 12.5. The van der Waals surface area contributed by atoms with Crippen molar-refractivity contribution in [3.05, 3.63) is 12.0 Å². The van der Waals surface area contributed by atoms with Crippen molar-refractivity contribution in [2.45, 2.75) is 13.5 Å². The quantitative estimate of drug-likeness (QED) is 0.726. The Bertz CT molecular complexity index is 362. The van der Waals surface area contributed by atoms with Crippen LogP contribution in [0.4, 0.5) is 5.82 Å². The normalized spacial score (nSPS) is 10.8. The Hall–Kier alpha value is -1.56. The molecule has 0 atom stereocenters. The average molecular weight is 226 g/mol. The number of aromatic nitrogens is 2. The van der Waals surface area contributed by atoms with Gasteiger partial charge in [-0.25, -0.2) is 9.78 Å². The van der Waals surface area contributed by atoms with Crippen LogP contribution in [0.25, 0.3) is 0 Å². The molecular weight excluding hydrogens is 208 g/mol. The highest BCUT2D eigenvalue weighted by Crippen LogP contribution is 2.10. The smallest absolute Gasteiger partial charge is 0.360 e. The number of likely N-dealkylation sites (N-methyl/N-ethyl adjacent to an activating group) is 1. The van der Waals surface area contributed by atoms with E-state index in [0.717, 1.165) is 13.1 Å². The van der Waals surface area contributed by atoms with Crippen LogP contribution in [0.1, 0.15) is 17.4 Å². The molecule has 0 unspecified atom stereocenters. The summed E-state index contributed by atoms with van der Waals surface area (Å²) in [5.41, 5.74) is 5.97. The van der Waals surface area contributed by atoms with E-state index in [2.05, 4.69) is 21.5 Å². The van der Waals surface area contributed by atoms with E-state index in [1.54, 1.807) is 10.9 Å². The molecule has 2 N–H and O–H groups in total. The number of hydrogen-bond acceptors (Lipinski definition) is 5. The number of carbonyl (C=O) groups is 1. The number of carbonyl (C=O) groups excluding carboxylic acids is 1. The number of rotatable bonds is 5. The summed E-state index contributed by atoms with van der Waals surface area (Å²) in [5.74, 6) is -0.142. The van der Waals surface area contributed by atoms with Gasteiger partial charge in [0.25, 0.3) is 0 Å². The molecule has 0 radical (unpaired) electrons. The molecule has 1 aromatic heterocycles. The molecule has 0 aliphatic carbocycles. The first-order chi connectivity index (χ1) is 7.60. The average Bonchev–Trinajstić information content (AvgIpc) is 2.66. The minimum Gasteiger partial charge on any atom is -0.464 e. The van der Waals surface area contributed by atoms with Gasteiger partial charge >= 0.3 is 5.97 Å². The number of esters is 1. The van der Waals surface area contributed by atoms with Crippen LogP contribution in [0.3, 0.4) is 0 Å². The number of hydrogen-bond donors (Lipinski definition) is 1. The summed E-state index contributed by atoms with van der Waals surface area (Å²) in [4.78, 5) is 17.3. The predicted molar refractivity (Wildman–Crippen MR) is 61.1 cm³/mol. The zero-order chi connectivity index (χ0) is 12.1. The molecular formula is C10H18N4O2. The minimum atomic E-state index is -0.500. The summed E-state index contributed by atoms with van der Waals surface area (Å²) in [6, 6.07) is 0. The summed E-state index contributed by atoms with van der Waals surface area (Å²) >= 11 is 0. The molecule has 0 fully saturated rings. The van der Waals surface area contributed by atoms with Crippen molar-refractivity contribution in [3.8, 4) is 0 Å². The lowest BCUT2D eigenvalue weighted by Crippen LogP contribution is -2.23. The van der Waals surface area contributed by atoms with E-state index in [4.69, 9.17) is 5.73 Å². The van der Waals surface area contributed by atoms with Gasteiger partial charge in [0.2, 0.25) is 0 Å². The van der Waals surface area contributed by atoms with Crippen LogP contribution in [-0.4, -0.2) is 47.7 Å². The largest absolute Gasteiger partial charge is 0.464 e. The van der Waals surface area contributed by atoms with Crippen molar-refractivity contribution in [3.63, 3.8) is 0 Å². The summed E-state index contributed by atoms with van der Waals surface area (Å²) in [7, 11) is 3.33. The van der Waals surface area contributed by atoms with Gasteiger partial charge in [0.15, 0.2) is 5.69 Å². The molecule has 0 saturated carbocycles. The van der Waals surface area contributed by atoms with E-state index >= 15 is 0 Å². The lowest BCUT2D eigenvalue weighted by Gasteiger charge is -2.14. The molecule has 0 saturated heterocycles. The Morgan fingerprint density at radius 3 is 2.94 bits per heavy atom. The number of methoxy groups -OCH3 is 1. The third kappa shape index (κ3) is 2.73. The predicted octanol–water partition coefficient (Wildman–Crippen LogP) is 0.204. The van der Waals surface area contributed by atoms with Crippen LogP contribution in [0.2, 0.25) is 0 Å². The van der Waals surface area contributed by atoms with Crippen molar-refractivity contribution in [1.29, 1.82) is 0 Å². The van der Waals surface area contributed by atoms with Gasteiger partial charge in [0.05, 0.1) is 13.4 Å². The molecule has 0 amide bonds. The summed E-state index contributed by atoms with van der Waals surface area (Å²) in [6.07, 6.45) is 1.56. The second-order valence-corrected chi connectivity index (χ2v) is 3.56. The first-order valence-electron chi connectivity index (χ1n) is 5.17. The Morgan fingerprint density at radius 2 is 2.38 bits per heavy atom. The highest BCUT2D eigenvalue weighted by molar-refractivity contribution is 5.91. The molecule has 0 spiro atoms. The zero-order valence-corrected chi connectivity index (χ0v) is 9.93. The van der Waals surface area contributed by atoms with Crippen molar-refractivity contribution in [2.24, 2.45) is 0 Å². The highest BCUT2D eigenvalue weighted by atomic mass is 16.5. The van der Waals surface area contributed by atoms with Crippen LogP contribution in [-0.2, 0) is 11.3 Å². The van der Waals surface area contributed by atoms with Gasteiger partial charge in [-0.05, 0) is 13.6 Å². The molecule has 6 nitrogen and oxygen atoms in total. The van der Waals surface area contributed by atoms with Gasteiger partial charge in [0.1, 0.15) is 5.82 Å². The van der Waals surface area contributed by atoms with Gasteiger partial charge in [0, 0.05) is 13.1 Å². The van der Waals surface area contributed by atoms with Crippen LogP contribution in [0, 0.1) is 0 Å². The number of imidazole rings is 1. The lowest BCUT2D eigenvalue weighted by molar-refractivity contribution is 0.0596. The maximum atomic E-state index is 11.3. The number of ether oxygens (including phenoxy) is 1.